The van der Waals surface area contributed by atoms with Crippen molar-refractivity contribution in [1.82, 2.24) is 10.6 Å². The van der Waals surface area contributed by atoms with Gasteiger partial charge in [-0.1, -0.05) is 11.6 Å². The number of nitrogens with one attached hydrogen (secondary N) is 2. The highest BCUT2D eigenvalue weighted by Crippen LogP contribution is 2.34. The minimum absolute atomic E-state index is 0.0796. The zero-order valence-corrected chi connectivity index (χ0v) is 11.7. The number of rotatable bonds is 3. The first kappa shape index (κ1) is 13.6. The van der Waals surface area contributed by atoms with Crippen molar-refractivity contribution in [3.63, 3.8) is 0 Å². The smallest absolute Gasteiger partial charge is 0.263 e. The van der Waals surface area contributed by atoms with Crippen LogP contribution in [0.4, 0.5) is 5.69 Å². The number of benzene rings is 1. The van der Waals surface area contributed by atoms with Gasteiger partial charge in [-0.25, -0.2) is 0 Å². The van der Waals surface area contributed by atoms with E-state index in [-0.39, 0.29) is 18.4 Å². The molecule has 0 aliphatic heterocycles. The van der Waals surface area contributed by atoms with Gasteiger partial charge >= 0.3 is 0 Å². The summed E-state index contributed by atoms with van der Waals surface area (Å²) in [4.78, 5) is 23.4. The highest BCUT2D eigenvalue weighted by Gasteiger charge is 2.16. The van der Waals surface area contributed by atoms with Crippen molar-refractivity contribution in [1.29, 1.82) is 0 Å². The first-order valence-electron chi connectivity index (χ1n) is 5.49. The molecule has 4 N–H and O–H groups in total. The third-order valence-corrected chi connectivity index (χ3v) is 3.99. The molecule has 0 saturated heterocycles. The Morgan fingerprint density at radius 2 is 2.16 bits per heavy atom. The molecule has 0 spiro atoms. The number of amides is 2. The number of fused-ring (bicyclic) bond motifs is 1. The van der Waals surface area contributed by atoms with Crippen LogP contribution in [0.3, 0.4) is 0 Å². The van der Waals surface area contributed by atoms with Crippen LogP contribution in [0.1, 0.15) is 9.67 Å². The number of nitrogens with two attached hydrogens (primary N) is 1. The maximum atomic E-state index is 11.9. The summed E-state index contributed by atoms with van der Waals surface area (Å²) in [5, 5.41) is 6.31. The number of likely N-dealkylation sites (N-methyl/N-ethyl adjacent to an activating group) is 1. The SMILES string of the molecule is CNC(=O)CNC(=O)c1sc2cc(Cl)ccc2c1N. The van der Waals surface area contributed by atoms with Crippen LogP contribution < -0.4 is 16.4 Å². The largest absolute Gasteiger partial charge is 0.397 e. The Kier molecular flexibility index (Phi) is 3.92. The number of thiophene rings is 1. The van der Waals surface area contributed by atoms with Crippen LogP contribution in [-0.2, 0) is 4.79 Å². The van der Waals surface area contributed by atoms with Gasteiger partial charge in [-0.15, -0.1) is 11.3 Å². The van der Waals surface area contributed by atoms with Crippen molar-refractivity contribution < 1.29 is 9.59 Å². The van der Waals surface area contributed by atoms with Gasteiger partial charge in [0.2, 0.25) is 5.91 Å². The van der Waals surface area contributed by atoms with Gasteiger partial charge in [0, 0.05) is 22.2 Å². The summed E-state index contributed by atoms with van der Waals surface area (Å²) >= 11 is 7.15. The molecule has 1 heterocycles. The van der Waals surface area contributed by atoms with Crippen LogP contribution >= 0.6 is 22.9 Å². The molecule has 0 saturated carbocycles. The summed E-state index contributed by atoms with van der Waals surface area (Å²) in [5.41, 5.74) is 6.34. The van der Waals surface area contributed by atoms with E-state index in [4.69, 9.17) is 17.3 Å². The van der Waals surface area contributed by atoms with Gasteiger partial charge in [0.25, 0.3) is 5.91 Å². The molecular weight excluding hydrogens is 286 g/mol. The number of hydrogen-bond acceptors (Lipinski definition) is 4. The average molecular weight is 298 g/mol. The van der Waals surface area contributed by atoms with Crippen LogP contribution in [0, 0.1) is 0 Å². The summed E-state index contributed by atoms with van der Waals surface area (Å²) in [6, 6.07) is 5.26. The third kappa shape index (κ3) is 2.80. The van der Waals surface area contributed by atoms with Crippen molar-refractivity contribution in [2.24, 2.45) is 0 Å². The quantitative estimate of drug-likeness (QED) is 0.805. The molecule has 2 amide bonds. The molecule has 0 aliphatic carbocycles. The molecule has 1 aromatic heterocycles. The molecular formula is C12H12ClN3O2S. The number of nitrogen functional groups attached to an aromatic ring is 1. The molecule has 2 aromatic rings. The number of anilines is 1. The first-order valence-corrected chi connectivity index (χ1v) is 6.68. The minimum atomic E-state index is -0.363. The van der Waals surface area contributed by atoms with Crippen LogP contribution in [0.5, 0.6) is 0 Å². The summed E-state index contributed by atoms with van der Waals surface area (Å²) in [6.07, 6.45) is 0. The van der Waals surface area contributed by atoms with E-state index >= 15 is 0 Å². The van der Waals surface area contributed by atoms with Crippen LogP contribution in [0.25, 0.3) is 10.1 Å². The molecule has 100 valence electrons. The Morgan fingerprint density at radius 3 is 2.84 bits per heavy atom. The summed E-state index contributed by atoms with van der Waals surface area (Å²) in [7, 11) is 1.50. The van der Waals surface area contributed by atoms with Gasteiger partial charge in [-0.2, -0.15) is 0 Å². The van der Waals surface area contributed by atoms with E-state index < -0.39 is 0 Å². The lowest BCUT2D eigenvalue weighted by Crippen LogP contribution is -2.35. The van der Waals surface area contributed by atoms with Gasteiger partial charge in [0.15, 0.2) is 0 Å². The van der Waals surface area contributed by atoms with E-state index in [9.17, 15) is 9.59 Å². The molecule has 0 atom stereocenters. The second-order valence-electron chi connectivity index (χ2n) is 3.84. The van der Waals surface area contributed by atoms with E-state index in [1.54, 1.807) is 18.2 Å². The summed E-state index contributed by atoms with van der Waals surface area (Å²) in [5.74, 6) is -0.630. The highest BCUT2D eigenvalue weighted by molar-refractivity contribution is 7.21. The second kappa shape index (κ2) is 5.46. The molecule has 7 heteroatoms. The molecule has 5 nitrogen and oxygen atoms in total. The predicted molar refractivity (Wildman–Crippen MR) is 77.6 cm³/mol. The monoisotopic (exact) mass is 297 g/mol. The molecule has 0 unspecified atom stereocenters. The maximum Gasteiger partial charge on any atom is 0.263 e. The Hall–Kier alpha value is -1.79. The van der Waals surface area contributed by atoms with Crippen LogP contribution in [0.15, 0.2) is 18.2 Å². The Balaban J connectivity index is 2.27. The standard InChI is InChI=1S/C12H12ClN3O2S/c1-15-9(17)5-16-12(18)11-10(14)7-3-2-6(13)4-8(7)19-11/h2-4H,5,14H2,1H3,(H,15,17)(H,16,18). The van der Waals surface area contributed by atoms with Crippen LogP contribution in [0.2, 0.25) is 5.02 Å². The van der Waals surface area contributed by atoms with Gasteiger partial charge in [-0.05, 0) is 18.2 Å². The summed E-state index contributed by atoms with van der Waals surface area (Å²) < 4.78 is 0.843. The van der Waals surface area contributed by atoms with Crippen molar-refractivity contribution in [2.75, 3.05) is 19.3 Å². The fourth-order valence-corrected chi connectivity index (χ4v) is 2.90. The van der Waals surface area contributed by atoms with Gasteiger partial charge in [0.1, 0.15) is 4.88 Å². The van der Waals surface area contributed by atoms with E-state index in [0.717, 1.165) is 10.1 Å². The topological polar surface area (TPSA) is 84.2 Å². The van der Waals surface area contributed by atoms with Crippen molar-refractivity contribution in [2.45, 2.75) is 0 Å². The lowest BCUT2D eigenvalue weighted by molar-refractivity contribution is -0.119. The Bertz CT molecular complexity index is 654. The average Bonchev–Trinajstić information content (AvgIpc) is 2.72. The van der Waals surface area contributed by atoms with Crippen LogP contribution in [-0.4, -0.2) is 25.4 Å². The van der Waals surface area contributed by atoms with Gasteiger partial charge in [0.05, 0.1) is 12.2 Å². The van der Waals surface area contributed by atoms with E-state index in [2.05, 4.69) is 10.6 Å². The number of carbonyl (C=O) groups excluding carboxylic acids is 2. The lowest BCUT2D eigenvalue weighted by atomic mass is 10.2. The van der Waals surface area contributed by atoms with E-state index in [1.807, 2.05) is 0 Å². The van der Waals surface area contributed by atoms with Crippen molar-refractivity contribution in [3.05, 3.63) is 28.1 Å². The number of carbonyl (C=O) groups is 2. The Labute approximate surface area is 118 Å². The zero-order chi connectivity index (χ0) is 14.0. The zero-order valence-electron chi connectivity index (χ0n) is 10.1. The molecule has 2 rings (SSSR count). The minimum Gasteiger partial charge on any atom is -0.397 e. The molecule has 0 fully saturated rings. The van der Waals surface area contributed by atoms with Gasteiger partial charge in [-0.3, -0.25) is 9.59 Å². The molecule has 0 radical (unpaired) electrons. The van der Waals surface area contributed by atoms with E-state index in [0.29, 0.717) is 15.6 Å². The molecule has 1 aromatic carbocycles. The second-order valence-corrected chi connectivity index (χ2v) is 5.33. The predicted octanol–water partition coefficient (Wildman–Crippen LogP) is 1.61. The van der Waals surface area contributed by atoms with E-state index in [1.165, 1.54) is 18.4 Å². The fourth-order valence-electron chi connectivity index (χ4n) is 1.59. The maximum absolute atomic E-state index is 11.9. The molecule has 0 bridgehead atoms. The highest BCUT2D eigenvalue weighted by atomic mass is 35.5. The fraction of sp³-hybridized carbons (Fsp3) is 0.167. The normalized spacial score (nSPS) is 10.4. The Morgan fingerprint density at radius 1 is 1.42 bits per heavy atom. The lowest BCUT2D eigenvalue weighted by Gasteiger charge is -2.02. The van der Waals surface area contributed by atoms with Gasteiger partial charge < -0.3 is 16.4 Å². The first-order chi connectivity index (χ1) is 9.02. The number of hydrogen-bond donors (Lipinski definition) is 3. The van der Waals surface area contributed by atoms with Crippen molar-refractivity contribution in [3.8, 4) is 0 Å². The number of halogens is 1. The molecule has 0 aliphatic rings. The summed E-state index contributed by atoms with van der Waals surface area (Å²) in [6.45, 7) is -0.0796. The third-order valence-electron chi connectivity index (χ3n) is 2.59. The van der Waals surface area contributed by atoms with Crippen molar-refractivity contribution >= 4 is 50.5 Å². The molecule has 19 heavy (non-hydrogen) atoms.